The van der Waals surface area contributed by atoms with Crippen molar-refractivity contribution >= 4 is 75.3 Å². The quantitative estimate of drug-likeness (QED) is 0.0298. The van der Waals surface area contributed by atoms with Crippen molar-refractivity contribution in [3.05, 3.63) is 131 Å². The maximum Gasteiger partial charge on any atom is 1.00 e. The number of fused-ring (bicyclic) bond motifs is 2. The number of nitrogens with one attached hydrogen (secondary N) is 1. The summed E-state index contributed by atoms with van der Waals surface area (Å²) < 4.78 is 152. The Bertz CT molecular complexity index is 3580. The second-order valence-corrected chi connectivity index (χ2v) is 26.9. The molecule has 0 spiro atoms. The Kier molecular flexibility index (Phi) is 26.3. The molecule has 0 fully saturated rings. The van der Waals surface area contributed by atoms with Crippen molar-refractivity contribution in [3.63, 3.8) is 0 Å². The number of allylic oxidation sites excluding steroid dienone is 7. The molecule has 0 saturated carbocycles. The number of carbonyl (C=O) groups is 3. The summed E-state index contributed by atoms with van der Waals surface area (Å²) in [4.78, 5) is 38.1. The van der Waals surface area contributed by atoms with Crippen molar-refractivity contribution < 1.29 is 164 Å². The maximum atomic E-state index is 12.8. The topological polar surface area (TPSA) is 311 Å². The van der Waals surface area contributed by atoms with E-state index in [4.69, 9.17) is 4.74 Å². The van der Waals surface area contributed by atoms with E-state index in [-0.39, 0.29) is 136 Å². The van der Waals surface area contributed by atoms with E-state index < -0.39 is 66.8 Å². The molecule has 432 valence electrons. The van der Waals surface area contributed by atoms with Gasteiger partial charge in [-0.15, -0.1) is 0 Å². The minimum atomic E-state index is -4.84. The van der Waals surface area contributed by atoms with Gasteiger partial charge in [-0.05, 0) is 155 Å². The molecule has 0 saturated heterocycles. The van der Waals surface area contributed by atoms with Crippen molar-refractivity contribution in [2.75, 3.05) is 36.8 Å². The Morgan fingerprint density at radius 1 is 0.639 bits per heavy atom. The van der Waals surface area contributed by atoms with E-state index in [1.807, 2.05) is 56.9 Å². The van der Waals surface area contributed by atoms with Crippen molar-refractivity contribution in [3.8, 4) is 5.75 Å². The third kappa shape index (κ3) is 18.7. The number of rotatable bonds is 26. The van der Waals surface area contributed by atoms with Gasteiger partial charge in [-0.2, -0.15) is 4.58 Å². The van der Waals surface area contributed by atoms with Gasteiger partial charge < -0.3 is 33.2 Å². The minimum absolute atomic E-state index is 0. The van der Waals surface area contributed by atoms with Gasteiger partial charge in [-0.3, -0.25) is 19.3 Å². The van der Waals surface area contributed by atoms with Gasteiger partial charge in [0.2, 0.25) is 11.6 Å². The van der Waals surface area contributed by atoms with Gasteiger partial charge in [-0.1, -0.05) is 32.8 Å². The van der Waals surface area contributed by atoms with E-state index in [9.17, 15) is 66.3 Å². The monoisotopic (exact) mass is 1250 g/mol. The summed E-state index contributed by atoms with van der Waals surface area (Å²) in [6.45, 7) is 9.09. The van der Waals surface area contributed by atoms with Crippen LogP contribution in [0.2, 0.25) is 0 Å². The fourth-order valence-corrected chi connectivity index (χ4v) is 12.6. The molecule has 83 heavy (non-hydrogen) atoms. The first-order valence-corrected chi connectivity index (χ1v) is 32.2. The standard InChI is InChI=1S/C56H68N4O16S4.3Na/c1-55(2)45-37-43(79(70,71)72)24-26-47(45)58(33-11-7-8-17-51(61)57-32-9-5-6-10-35-60-52(62)30-31-53(60)63)49(55)28-18-39-15-14-16-40(54(39)76-41-20-22-42(23-21-41)78(67,68)69)19-29-50-56(3,4)46-38-44(80(73,74)75)25-27-48(46)59(50)34-12-13-36-77(64,65)66;;;/h18-31,37-38H,5-17,32-36H2,1-4H3,(H4-,57,61,64,65,66,67,68,69,70,71,72,73,74,75);;;/q;3*+1/p-3. The Morgan fingerprint density at radius 2 is 1.20 bits per heavy atom. The van der Waals surface area contributed by atoms with Crippen LogP contribution in [0, 0.1) is 0 Å². The number of anilines is 1. The molecule has 0 unspecified atom stereocenters. The Hall–Kier alpha value is -3.12. The number of imide groups is 1. The summed E-state index contributed by atoms with van der Waals surface area (Å²) in [5.74, 6) is -0.668. The minimum Gasteiger partial charge on any atom is -0.748 e. The second kappa shape index (κ2) is 30.2. The number of carbonyl (C=O) groups excluding carboxylic acids is 3. The Labute approximate surface area is 553 Å². The van der Waals surface area contributed by atoms with Gasteiger partial charge in [-0.25, -0.2) is 33.7 Å². The van der Waals surface area contributed by atoms with Gasteiger partial charge in [0, 0.05) is 84.9 Å². The Balaban J connectivity index is 0.00000493. The first kappa shape index (κ1) is 72.4. The van der Waals surface area contributed by atoms with Crippen LogP contribution in [0.5, 0.6) is 5.75 Å². The van der Waals surface area contributed by atoms with E-state index >= 15 is 0 Å². The second-order valence-electron chi connectivity index (χ2n) is 21.2. The van der Waals surface area contributed by atoms with Crippen molar-refractivity contribution in [1.82, 2.24) is 10.2 Å². The molecule has 4 aliphatic rings. The molecule has 7 rings (SSSR count). The Morgan fingerprint density at radius 3 is 1.83 bits per heavy atom. The SMILES string of the molecule is CC1(C)C(/C=C/C2=C(Oc3ccc(S(=O)(=O)[O-])cc3)C(=C/C=C3/N(CCCCS(=O)(=O)[O-])c4ccc(S(=O)(=O)[O-])cc4C3(C)C)/CCC2)=[N+](CCCCCC(=O)NCCCCCCN2C(=O)C=CC2=O)c2ccc(S(=O)(=O)[O-])cc21.[Na+].[Na+].[Na+]. The van der Waals surface area contributed by atoms with Crippen molar-refractivity contribution in [2.45, 2.75) is 137 Å². The molecule has 3 aromatic carbocycles. The molecule has 0 aromatic heterocycles. The summed E-state index contributed by atoms with van der Waals surface area (Å²) in [6.07, 6.45) is 17.2. The fraction of sp³-hybridized carbons (Fsp3) is 0.429. The van der Waals surface area contributed by atoms with Crippen LogP contribution < -0.4 is 104 Å². The first-order chi connectivity index (χ1) is 37.5. The van der Waals surface area contributed by atoms with Gasteiger partial charge in [0.25, 0.3) is 11.8 Å². The van der Waals surface area contributed by atoms with E-state index in [1.165, 1.54) is 59.5 Å². The van der Waals surface area contributed by atoms with E-state index in [0.717, 1.165) is 37.1 Å². The molecule has 0 atom stereocenters. The molecule has 0 bridgehead atoms. The molecule has 3 heterocycles. The predicted octanol–water partition coefficient (Wildman–Crippen LogP) is -2.04. The van der Waals surface area contributed by atoms with Crippen LogP contribution in [-0.4, -0.2) is 117 Å². The molecular weight excluding hydrogens is 1180 g/mol. The number of hydrogen-bond acceptors (Lipinski definition) is 17. The molecule has 20 nitrogen and oxygen atoms in total. The van der Waals surface area contributed by atoms with E-state index in [1.54, 1.807) is 6.07 Å². The molecular formula is C56H65N4Na3O16S4. The van der Waals surface area contributed by atoms with Crippen LogP contribution in [0.4, 0.5) is 11.4 Å². The van der Waals surface area contributed by atoms with Crippen molar-refractivity contribution in [1.29, 1.82) is 0 Å². The van der Waals surface area contributed by atoms with Crippen LogP contribution in [0.15, 0.2) is 134 Å². The molecule has 3 aromatic rings. The van der Waals surface area contributed by atoms with Crippen LogP contribution in [0.3, 0.4) is 0 Å². The van der Waals surface area contributed by atoms with Crippen LogP contribution in [-0.2, 0) is 65.7 Å². The average molecular weight is 1250 g/mol. The number of unbranched alkanes of at least 4 members (excludes halogenated alkanes) is 6. The number of hydrogen-bond donors (Lipinski definition) is 1. The number of amides is 3. The maximum absolute atomic E-state index is 12.8. The van der Waals surface area contributed by atoms with Crippen LogP contribution >= 0.6 is 0 Å². The average Bonchev–Trinajstić information content (AvgIpc) is 2.79. The van der Waals surface area contributed by atoms with Gasteiger partial charge in [0.15, 0.2) is 5.71 Å². The predicted molar refractivity (Wildman–Crippen MR) is 293 cm³/mol. The molecule has 3 aliphatic heterocycles. The van der Waals surface area contributed by atoms with Crippen LogP contribution in [0.1, 0.15) is 122 Å². The smallest absolute Gasteiger partial charge is 0.748 e. The number of benzene rings is 3. The van der Waals surface area contributed by atoms with Gasteiger partial charge in [0.05, 0.1) is 30.2 Å². The molecule has 0 radical (unpaired) electrons. The third-order valence-corrected chi connectivity index (χ3v) is 18.1. The van der Waals surface area contributed by atoms with Crippen molar-refractivity contribution in [2.24, 2.45) is 0 Å². The van der Waals surface area contributed by atoms with Crippen LogP contribution in [0.25, 0.3) is 0 Å². The molecule has 3 amide bonds. The first-order valence-electron chi connectivity index (χ1n) is 26.4. The zero-order chi connectivity index (χ0) is 58.4. The zero-order valence-electron chi connectivity index (χ0n) is 48.0. The van der Waals surface area contributed by atoms with Gasteiger partial charge >= 0.3 is 88.7 Å². The van der Waals surface area contributed by atoms with E-state index in [2.05, 4.69) is 9.89 Å². The number of ether oxygens (including phenoxy) is 1. The fourth-order valence-electron chi connectivity index (χ4n) is 10.6. The largest absolute Gasteiger partial charge is 1.00 e. The zero-order valence-corrected chi connectivity index (χ0v) is 57.2. The molecule has 1 aliphatic carbocycles. The molecule has 1 N–H and O–H groups in total. The summed E-state index contributed by atoms with van der Waals surface area (Å²) in [7, 11) is -19.0. The third-order valence-electron chi connectivity index (χ3n) is 14.8. The van der Waals surface area contributed by atoms with Gasteiger partial charge in [0.1, 0.15) is 48.4 Å². The number of nitrogens with zero attached hydrogens (tertiary/aromatic N) is 3. The molecule has 27 heteroatoms. The summed E-state index contributed by atoms with van der Waals surface area (Å²) in [5, 5.41) is 2.96. The summed E-state index contributed by atoms with van der Waals surface area (Å²) in [6, 6.07) is 13.3. The summed E-state index contributed by atoms with van der Waals surface area (Å²) >= 11 is 0. The summed E-state index contributed by atoms with van der Waals surface area (Å²) in [5.41, 5.74) is 3.47. The normalized spacial score (nSPS) is 17.7. The van der Waals surface area contributed by atoms with E-state index in [0.29, 0.717) is 116 Å².